The van der Waals surface area contributed by atoms with E-state index in [-0.39, 0.29) is 0 Å². The molecule has 3 heterocycles. The number of sulfonamides is 1. The molecule has 9 heteroatoms. The average molecular weight is 394 g/mol. The first kappa shape index (κ1) is 18.6. The zero-order valence-electron chi connectivity index (χ0n) is 13.9. The highest BCUT2D eigenvalue weighted by Crippen LogP contribution is 2.28. The van der Waals surface area contributed by atoms with Crippen LogP contribution in [0.4, 0.5) is 0 Å². The highest BCUT2D eigenvalue weighted by molar-refractivity contribution is 7.91. The molecule has 2 aliphatic heterocycles. The lowest BCUT2D eigenvalue weighted by Crippen LogP contribution is -2.52. The van der Waals surface area contributed by atoms with Crippen molar-refractivity contribution in [1.82, 2.24) is 14.1 Å². The van der Waals surface area contributed by atoms with Crippen molar-refractivity contribution in [3.05, 3.63) is 16.5 Å². The Morgan fingerprint density at radius 1 is 1.21 bits per heavy atom. The Hall–Kier alpha value is -0.220. The summed E-state index contributed by atoms with van der Waals surface area (Å²) < 4.78 is 33.1. The summed E-state index contributed by atoms with van der Waals surface area (Å²) in [6.07, 6.45) is 0. The third-order valence-corrected chi connectivity index (χ3v) is 8.28. The number of ether oxygens (including phenoxy) is 1. The maximum absolute atomic E-state index is 12.6. The molecule has 0 bridgehead atoms. The van der Waals surface area contributed by atoms with Gasteiger partial charge in [0.1, 0.15) is 4.21 Å². The number of nitrogens with zero attached hydrogens (tertiary/aromatic N) is 3. The third-order valence-electron chi connectivity index (χ3n) is 4.68. The Morgan fingerprint density at radius 3 is 2.58 bits per heavy atom. The molecule has 0 unspecified atom stereocenters. The van der Waals surface area contributed by atoms with E-state index in [1.807, 2.05) is 0 Å². The van der Waals surface area contributed by atoms with Gasteiger partial charge in [0, 0.05) is 51.9 Å². The van der Waals surface area contributed by atoms with Gasteiger partial charge in [0.15, 0.2) is 0 Å². The molecule has 1 aromatic rings. The first-order valence-electron chi connectivity index (χ1n) is 8.26. The number of morpholine rings is 1. The molecule has 136 valence electrons. The first-order valence-corrected chi connectivity index (χ1v) is 10.9. The van der Waals surface area contributed by atoms with Crippen LogP contribution in [0.1, 0.15) is 6.92 Å². The van der Waals surface area contributed by atoms with Gasteiger partial charge < -0.3 is 4.74 Å². The monoisotopic (exact) mass is 393 g/mol. The van der Waals surface area contributed by atoms with Gasteiger partial charge in [-0.25, -0.2) is 8.42 Å². The smallest absolute Gasteiger partial charge is 0.252 e. The summed E-state index contributed by atoms with van der Waals surface area (Å²) in [7, 11) is -3.40. The van der Waals surface area contributed by atoms with Crippen LogP contribution in [-0.4, -0.2) is 87.6 Å². The van der Waals surface area contributed by atoms with Crippen molar-refractivity contribution in [2.75, 3.05) is 59.0 Å². The normalized spacial score (nSPS) is 25.2. The average Bonchev–Trinajstić information content (AvgIpc) is 3.02. The van der Waals surface area contributed by atoms with Crippen LogP contribution in [0.5, 0.6) is 0 Å². The highest BCUT2D eigenvalue weighted by Gasteiger charge is 2.30. The van der Waals surface area contributed by atoms with Crippen LogP contribution in [-0.2, 0) is 14.8 Å². The molecule has 2 fully saturated rings. The maximum Gasteiger partial charge on any atom is 0.252 e. The molecule has 24 heavy (non-hydrogen) atoms. The van der Waals surface area contributed by atoms with Gasteiger partial charge in [0.2, 0.25) is 0 Å². The van der Waals surface area contributed by atoms with E-state index in [0.717, 1.165) is 57.3 Å². The Balaban J connectivity index is 1.49. The molecule has 2 saturated heterocycles. The van der Waals surface area contributed by atoms with E-state index in [0.29, 0.717) is 27.7 Å². The topological polar surface area (TPSA) is 53.1 Å². The summed E-state index contributed by atoms with van der Waals surface area (Å²) in [5.74, 6) is 0. The van der Waals surface area contributed by atoms with Gasteiger partial charge in [-0.2, -0.15) is 4.31 Å². The van der Waals surface area contributed by atoms with Crippen molar-refractivity contribution in [3.8, 4) is 0 Å². The van der Waals surface area contributed by atoms with Gasteiger partial charge in [-0.3, -0.25) is 9.80 Å². The molecule has 0 N–H and O–H groups in total. The summed E-state index contributed by atoms with van der Waals surface area (Å²) in [5, 5.41) is 0. The van der Waals surface area contributed by atoms with Gasteiger partial charge in [-0.15, -0.1) is 11.3 Å². The second-order valence-electron chi connectivity index (χ2n) is 6.26. The predicted molar refractivity (Wildman–Crippen MR) is 96.4 cm³/mol. The lowest BCUT2D eigenvalue weighted by atomic mass is 10.2. The number of piperazine rings is 1. The van der Waals surface area contributed by atoms with Crippen molar-refractivity contribution in [2.45, 2.75) is 17.2 Å². The number of hydrogen-bond donors (Lipinski definition) is 0. The second kappa shape index (κ2) is 7.99. The lowest BCUT2D eigenvalue weighted by molar-refractivity contribution is -0.00507. The molecule has 0 saturated carbocycles. The number of rotatable bonds is 5. The minimum atomic E-state index is -3.40. The summed E-state index contributed by atoms with van der Waals surface area (Å²) in [6.45, 7) is 9.39. The van der Waals surface area contributed by atoms with E-state index >= 15 is 0 Å². The van der Waals surface area contributed by atoms with Crippen LogP contribution in [0, 0.1) is 0 Å². The third kappa shape index (κ3) is 4.30. The lowest BCUT2D eigenvalue weighted by Gasteiger charge is -2.37. The van der Waals surface area contributed by atoms with E-state index in [1.165, 1.54) is 0 Å². The largest absolute Gasteiger partial charge is 0.379 e. The molecular formula is C15H24ClN3O3S2. The standard InChI is InChI=1S/C15H24ClN3O3S2/c1-13-12-22-11-10-18(13)7-4-17-5-8-19(9-6-17)24(20,21)15-3-2-14(16)23-15/h2-3,13H,4-12H2,1H3/t13-/m1/s1. The molecular weight excluding hydrogens is 370 g/mol. The van der Waals surface area contributed by atoms with Crippen LogP contribution in [0.15, 0.2) is 16.3 Å². The van der Waals surface area contributed by atoms with Gasteiger partial charge in [-0.05, 0) is 19.1 Å². The van der Waals surface area contributed by atoms with Crippen molar-refractivity contribution >= 4 is 33.0 Å². The van der Waals surface area contributed by atoms with Crippen molar-refractivity contribution in [3.63, 3.8) is 0 Å². The Bertz CT molecular complexity index is 644. The minimum Gasteiger partial charge on any atom is -0.379 e. The molecule has 0 aliphatic carbocycles. The Kier molecular flexibility index (Phi) is 6.18. The second-order valence-corrected chi connectivity index (χ2v) is 10.1. The molecule has 3 rings (SSSR count). The minimum absolute atomic E-state index is 0.336. The highest BCUT2D eigenvalue weighted by atomic mass is 35.5. The van der Waals surface area contributed by atoms with Crippen LogP contribution >= 0.6 is 22.9 Å². The maximum atomic E-state index is 12.6. The molecule has 0 amide bonds. The molecule has 0 radical (unpaired) electrons. The predicted octanol–water partition coefficient (Wildman–Crippen LogP) is 1.43. The number of hydrogen-bond acceptors (Lipinski definition) is 6. The van der Waals surface area contributed by atoms with Crippen molar-refractivity contribution < 1.29 is 13.2 Å². The zero-order valence-corrected chi connectivity index (χ0v) is 16.2. The quantitative estimate of drug-likeness (QED) is 0.757. The van der Waals surface area contributed by atoms with E-state index in [1.54, 1.807) is 16.4 Å². The van der Waals surface area contributed by atoms with E-state index in [2.05, 4.69) is 16.7 Å². The van der Waals surface area contributed by atoms with E-state index in [9.17, 15) is 8.42 Å². The van der Waals surface area contributed by atoms with Crippen LogP contribution in [0.3, 0.4) is 0 Å². The Labute approximate surface area is 153 Å². The molecule has 1 atom stereocenters. The fourth-order valence-corrected chi connectivity index (χ4v) is 6.18. The van der Waals surface area contributed by atoms with Crippen molar-refractivity contribution in [1.29, 1.82) is 0 Å². The molecule has 1 aromatic heterocycles. The van der Waals surface area contributed by atoms with E-state index in [4.69, 9.17) is 16.3 Å². The molecule has 6 nitrogen and oxygen atoms in total. The van der Waals surface area contributed by atoms with Gasteiger partial charge in [0.05, 0.1) is 17.6 Å². The fourth-order valence-electron chi connectivity index (χ4n) is 3.12. The van der Waals surface area contributed by atoms with Crippen LogP contribution in [0.2, 0.25) is 4.34 Å². The van der Waals surface area contributed by atoms with Gasteiger partial charge >= 0.3 is 0 Å². The van der Waals surface area contributed by atoms with Gasteiger partial charge in [0.25, 0.3) is 10.0 Å². The summed E-state index contributed by atoms with van der Waals surface area (Å²) in [6, 6.07) is 3.69. The van der Waals surface area contributed by atoms with Crippen molar-refractivity contribution in [2.24, 2.45) is 0 Å². The SMILES string of the molecule is C[C@@H]1COCCN1CCN1CCN(S(=O)(=O)c2ccc(Cl)s2)CC1. The van der Waals surface area contributed by atoms with E-state index < -0.39 is 10.0 Å². The Morgan fingerprint density at radius 2 is 1.96 bits per heavy atom. The molecule has 2 aliphatic rings. The van der Waals surface area contributed by atoms with Gasteiger partial charge in [-0.1, -0.05) is 11.6 Å². The zero-order chi connectivity index (χ0) is 17.2. The summed E-state index contributed by atoms with van der Waals surface area (Å²) in [4.78, 5) is 4.79. The molecule has 0 spiro atoms. The summed E-state index contributed by atoms with van der Waals surface area (Å²) >= 11 is 6.99. The summed E-state index contributed by atoms with van der Waals surface area (Å²) in [5.41, 5.74) is 0. The molecule has 0 aromatic carbocycles. The van der Waals surface area contributed by atoms with Crippen LogP contribution in [0.25, 0.3) is 0 Å². The number of thiophene rings is 1. The number of halogens is 1. The van der Waals surface area contributed by atoms with Crippen LogP contribution < -0.4 is 0 Å². The fraction of sp³-hybridized carbons (Fsp3) is 0.733. The first-order chi connectivity index (χ1) is 11.5.